The first-order chi connectivity index (χ1) is 8.51. The second-order valence-corrected chi connectivity index (χ2v) is 4.35. The topological polar surface area (TPSA) is 92.9 Å². The van der Waals surface area contributed by atoms with Gasteiger partial charge in [-0.15, -0.1) is 0 Å². The quantitative estimate of drug-likeness (QED) is 0.700. The van der Waals surface area contributed by atoms with Crippen molar-refractivity contribution in [1.82, 2.24) is 15.3 Å². The third-order valence-corrected chi connectivity index (χ3v) is 2.22. The lowest BCUT2D eigenvalue weighted by Gasteiger charge is -2.10. The molecule has 0 radical (unpaired) electrons. The van der Waals surface area contributed by atoms with Gasteiger partial charge in [0, 0.05) is 31.5 Å². The summed E-state index contributed by atoms with van der Waals surface area (Å²) in [7, 11) is 0. The highest BCUT2D eigenvalue weighted by atomic mass is 16.1. The molecule has 1 heterocycles. The highest BCUT2D eigenvalue weighted by Gasteiger charge is 2.04. The molecule has 0 unspecified atom stereocenters. The second-order valence-electron chi connectivity index (χ2n) is 4.35. The van der Waals surface area contributed by atoms with Gasteiger partial charge in [-0.2, -0.15) is 0 Å². The number of anilines is 2. The molecule has 6 nitrogen and oxygen atoms in total. The summed E-state index contributed by atoms with van der Waals surface area (Å²) < 4.78 is 0. The van der Waals surface area contributed by atoms with E-state index in [0.717, 1.165) is 6.42 Å². The molecule has 0 aliphatic carbocycles. The van der Waals surface area contributed by atoms with Crippen molar-refractivity contribution in [2.75, 3.05) is 17.6 Å². The molecule has 0 aliphatic rings. The van der Waals surface area contributed by atoms with E-state index in [1.165, 1.54) is 0 Å². The Morgan fingerprint density at radius 3 is 2.78 bits per heavy atom. The SMILES string of the molecule is CCc1nc(N)cc(NCCC(=O)NC(C)C)n1. The minimum Gasteiger partial charge on any atom is -0.384 e. The predicted molar refractivity (Wildman–Crippen MR) is 72.2 cm³/mol. The Morgan fingerprint density at radius 1 is 1.44 bits per heavy atom. The van der Waals surface area contributed by atoms with Crippen LogP contribution >= 0.6 is 0 Å². The second kappa shape index (κ2) is 6.78. The van der Waals surface area contributed by atoms with Gasteiger partial charge < -0.3 is 16.4 Å². The van der Waals surface area contributed by atoms with E-state index in [1.807, 2.05) is 20.8 Å². The first-order valence-electron chi connectivity index (χ1n) is 6.18. The lowest BCUT2D eigenvalue weighted by atomic mass is 10.3. The van der Waals surface area contributed by atoms with Crippen molar-refractivity contribution in [2.24, 2.45) is 0 Å². The van der Waals surface area contributed by atoms with Gasteiger partial charge in [0.15, 0.2) is 0 Å². The monoisotopic (exact) mass is 251 g/mol. The molecule has 0 saturated carbocycles. The summed E-state index contributed by atoms with van der Waals surface area (Å²) in [5.41, 5.74) is 5.66. The van der Waals surface area contributed by atoms with E-state index in [1.54, 1.807) is 6.07 Å². The molecule has 0 aliphatic heterocycles. The first-order valence-corrected chi connectivity index (χ1v) is 6.18. The number of hydrogen-bond donors (Lipinski definition) is 3. The van der Waals surface area contributed by atoms with Crippen molar-refractivity contribution in [2.45, 2.75) is 39.7 Å². The Labute approximate surface area is 107 Å². The Kier molecular flexibility index (Phi) is 5.35. The summed E-state index contributed by atoms with van der Waals surface area (Å²) in [6, 6.07) is 1.83. The van der Waals surface area contributed by atoms with Crippen molar-refractivity contribution in [3.8, 4) is 0 Å². The zero-order chi connectivity index (χ0) is 13.5. The van der Waals surface area contributed by atoms with E-state index in [4.69, 9.17) is 5.73 Å². The van der Waals surface area contributed by atoms with Gasteiger partial charge in [0.2, 0.25) is 5.91 Å². The Bertz CT molecular complexity index is 405. The first kappa shape index (κ1) is 14.2. The smallest absolute Gasteiger partial charge is 0.221 e. The predicted octanol–water partition coefficient (Wildman–Crippen LogP) is 0.948. The average molecular weight is 251 g/mol. The summed E-state index contributed by atoms with van der Waals surface area (Å²) in [4.78, 5) is 19.8. The number of nitrogens with two attached hydrogens (primary N) is 1. The van der Waals surface area contributed by atoms with E-state index in [9.17, 15) is 4.79 Å². The van der Waals surface area contributed by atoms with Gasteiger partial charge in [-0.05, 0) is 13.8 Å². The van der Waals surface area contributed by atoms with Crippen LogP contribution in [-0.2, 0) is 11.2 Å². The molecule has 0 aromatic carbocycles. The van der Waals surface area contributed by atoms with Crippen LogP contribution < -0.4 is 16.4 Å². The maximum Gasteiger partial charge on any atom is 0.221 e. The molecule has 1 aromatic rings. The van der Waals surface area contributed by atoms with E-state index in [0.29, 0.717) is 30.4 Å². The number of amides is 1. The lowest BCUT2D eigenvalue weighted by molar-refractivity contribution is -0.121. The van der Waals surface area contributed by atoms with Crippen LogP contribution in [0.1, 0.15) is 33.0 Å². The molecule has 18 heavy (non-hydrogen) atoms. The fourth-order valence-electron chi connectivity index (χ4n) is 1.46. The van der Waals surface area contributed by atoms with Gasteiger partial charge in [0.25, 0.3) is 0 Å². The Balaban J connectivity index is 2.44. The van der Waals surface area contributed by atoms with Gasteiger partial charge in [-0.25, -0.2) is 9.97 Å². The zero-order valence-electron chi connectivity index (χ0n) is 11.2. The van der Waals surface area contributed by atoms with Crippen LogP contribution in [-0.4, -0.2) is 28.5 Å². The number of nitrogens with zero attached hydrogens (tertiary/aromatic N) is 2. The standard InChI is InChI=1S/C12H21N5O/c1-4-10-16-9(13)7-11(17-10)14-6-5-12(18)15-8(2)3/h7-8H,4-6H2,1-3H3,(H,15,18)(H3,13,14,16,17). The molecule has 0 saturated heterocycles. The van der Waals surface area contributed by atoms with E-state index in [2.05, 4.69) is 20.6 Å². The van der Waals surface area contributed by atoms with Crippen LogP contribution in [0.3, 0.4) is 0 Å². The molecule has 0 spiro atoms. The van der Waals surface area contributed by atoms with E-state index < -0.39 is 0 Å². The summed E-state index contributed by atoms with van der Waals surface area (Å²) in [5.74, 6) is 1.83. The van der Waals surface area contributed by atoms with Crippen molar-refractivity contribution in [3.63, 3.8) is 0 Å². The van der Waals surface area contributed by atoms with Gasteiger partial charge in [-0.1, -0.05) is 6.92 Å². The lowest BCUT2D eigenvalue weighted by Crippen LogP contribution is -2.31. The molecule has 1 amide bonds. The number of aryl methyl sites for hydroxylation is 1. The molecule has 1 aromatic heterocycles. The number of carbonyl (C=O) groups is 1. The maximum absolute atomic E-state index is 11.4. The summed E-state index contributed by atoms with van der Waals surface area (Å²) in [6.45, 7) is 6.36. The van der Waals surface area contributed by atoms with Crippen LogP contribution in [0.4, 0.5) is 11.6 Å². The van der Waals surface area contributed by atoms with Crippen LogP contribution in [0.2, 0.25) is 0 Å². The Morgan fingerprint density at radius 2 is 2.17 bits per heavy atom. The molecule has 1 rings (SSSR count). The summed E-state index contributed by atoms with van der Waals surface area (Å²) in [5, 5.41) is 5.90. The van der Waals surface area contributed by atoms with E-state index in [-0.39, 0.29) is 11.9 Å². The van der Waals surface area contributed by atoms with Crippen molar-refractivity contribution >= 4 is 17.5 Å². The number of aromatic nitrogens is 2. The minimum atomic E-state index is 0.0234. The Hall–Kier alpha value is -1.85. The van der Waals surface area contributed by atoms with Gasteiger partial charge >= 0.3 is 0 Å². The number of hydrogen-bond acceptors (Lipinski definition) is 5. The van der Waals surface area contributed by atoms with Gasteiger partial charge in [0.1, 0.15) is 17.5 Å². The number of nitrogen functional groups attached to an aromatic ring is 1. The largest absolute Gasteiger partial charge is 0.384 e. The molecule has 0 bridgehead atoms. The summed E-state index contributed by atoms with van der Waals surface area (Å²) >= 11 is 0. The van der Waals surface area contributed by atoms with Gasteiger partial charge in [-0.3, -0.25) is 4.79 Å². The van der Waals surface area contributed by atoms with E-state index >= 15 is 0 Å². The zero-order valence-corrected chi connectivity index (χ0v) is 11.2. The highest BCUT2D eigenvalue weighted by Crippen LogP contribution is 2.08. The van der Waals surface area contributed by atoms with Crippen LogP contribution in [0.15, 0.2) is 6.07 Å². The van der Waals surface area contributed by atoms with Crippen LogP contribution in [0, 0.1) is 0 Å². The fraction of sp³-hybridized carbons (Fsp3) is 0.583. The normalized spacial score (nSPS) is 10.4. The molecule has 0 fully saturated rings. The maximum atomic E-state index is 11.4. The number of nitrogens with one attached hydrogen (secondary N) is 2. The average Bonchev–Trinajstić information content (AvgIpc) is 2.27. The van der Waals surface area contributed by atoms with Crippen molar-refractivity contribution in [1.29, 1.82) is 0 Å². The number of carbonyl (C=O) groups excluding carboxylic acids is 1. The fourth-order valence-corrected chi connectivity index (χ4v) is 1.46. The minimum absolute atomic E-state index is 0.0234. The molecular formula is C12H21N5O. The molecule has 6 heteroatoms. The highest BCUT2D eigenvalue weighted by molar-refractivity contribution is 5.76. The molecule has 4 N–H and O–H groups in total. The third kappa shape index (κ3) is 4.99. The third-order valence-electron chi connectivity index (χ3n) is 2.22. The van der Waals surface area contributed by atoms with Crippen LogP contribution in [0.5, 0.6) is 0 Å². The molecule has 0 atom stereocenters. The number of rotatable bonds is 6. The van der Waals surface area contributed by atoms with Gasteiger partial charge in [0.05, 0.1) is 0 Å². The summed E-state index contributed by atoms with van der Waals surface area (Å²) in [6.07, 6.45) is 1.14. The molecular weight excluding hydrogens is 230 g/mol. The van der Waals surface area contributed by atoms with Crippen molar-refractivity contribution < 1.29 is 4.79 Å². The van der Waals surface area contributed by atoms with Crippen LogP contribution in [0.25, 0.3) is 0 Å². The molecule has 100 valence electrons. The van der Waals surface area contributed by atoms with Crippen molar-refractivity contribution in [3.05, 3.63) is 11.9 Å².